The van der Waals surface area contributed by atoms with Crippen molar-refractivity contribution in [1.29, 1.82) is 0 Å². The Morgan fingerprint density at radius 3 is 2.62 bits per heavy atom. The topological polar surface area (TPSA) is 32.3 Å². The van der Waals surface area contributed by atoms with Gasteiger partial charge in [0.05, 0.1) is 10.0 Å². The molecular formula is C18H21ClN4S. The largest absolute Gasteiger partial charge is 0.362 e. The Morgan fingerprint density at radius 2 is 1.96 bits per heavy atom. The number of pyridine rings is 2. The average Bonchev–Trinajstić information content (AvgIpc) is 2.54. The molecule has 0 bridgehead atoms. The van der Waals surface area contributed by atoms with Gasteiger partial charge in [-0.3, -0.25) is 4.98 Å². The van der Waals surface area contributed by atoms with E-state index < -0.39 is 0 Å². The predicted octanol–water partition coefficient (Wildman–Crippen LogP) is 3.44. The van der Waals surface area contributed by atoms with Crippen LogP contribution in [0.15, 0.2) is 30.5 Å². The number of halogens is 1. The lowest BCUT2D eigenvalue weighted by molar-refractivity contribution is 0.385. The lowest BCUT2D eigenvalue weighted by atomic mass is 10.1. The van der Waals surface area contributed by atoms with Crippen LogP contribution in [-0.4, -0.2) is 46.0 Å². The Kier molecular flexibility index (Phi) is 5.31. The van der Waals surface area contributed by atoms with Crippen LogP contribution in [0.2, 0.25) is 5.02 Å². The molecule has 1 aliphatic heterocycles. The SMILES string of the molecule is Cc1cc(C)nc(CC(=S)N2CCN(c3ncccc3Cl)CC2)c1. The third kappa shape index (κ3) is 4.02. The summed E-state index contributed by atoms with van der Waals surface area (Å²) in [6.45, 7) is 7.63. The summed E-state index contributed by atoms with van der Waals surface area (Å²) in [7, 11) is 0. The van der Waals surface area contributed by atoms with Crippen LogP contribution < -0.4 is 4.90 Å². The van der Waals surface area contributed by atoms with E-state index in [9.17, 15) is 0 Å². The monoisotopic (exact) mass is 360 g/mol. The zero-order valence-corrected chi connectivity index (χ0v) is 15.6. The minimum atomic E-state index is 0.702. The van der Waals surface area contributed by atoms with Crippen molar-refractivity contribution in [2.24, 2.45) is 0 Å². The highest BCUT2D eigenvalue weighted by Crippen LogP contribution is 2.23. The lowest BCUT2D eigenvalue weighted by Gasteiger charge is -2.37. The molecule has 3 rings (SSSR count). The highest BCUT2D eigenvalue weighted by atomic mass is 35.5. The van der Waals surface area contributed by atoms with Crippen LogP contribution in [0.3, 0.4) is 0 Å². The van der Waals surface area contributed by atoms with Crippen LogP contribution in [0.5, 0.6) is 0 Å². The van der Waals surface area contributed by atoms with Crippen molar-refractivity contribution in [3.63, 3.8) is 0 Å². The number of anilines is 1. The molecule has 126 valence electrons. The van der Waals surface area contributed by atoms with E-state index in [0.29, 0.717) is 5.02 Å². The van der Waals surface area contributed by atoms with E-state index in [1.165, 1.54) is 5.56 Å². The van der Waals surface area contributed by atoms with Gasteiger partial charge in [0, 0.05) is 50.2 Å². The molecule has 4 nitrogen and oxygen atoms in total. The summed E-state index contributed by atoms with van der Waals surface area (Å²) in [5, 5.41) is 0.702. The zero-order chi connectivity index (χ0) is 17.1. The van der Waals surface area contributed by atoms with Crippen molar-refractivity contribution in [2.75, 3.05) is 31.1 Å². The van der Waals surface area contributed by atoms with E-state index in [-0.39, 0.29) is 0 Å². The van der Waals surface area contributed by atoms with E-state index >= 15 is 0 Å². The molecule has 24 heavy (non-hydrogen) atoms. The second-order valence-electron chi connectivity index (χ2n) is 6.13. The number of thiocarbonyl (C=S) groups is 1. The summed E-state index contributed by atoms with van der Waals surface area (Å²) in [6, 6.07) is 7.94. The van der Waals surface area contributed by atoms with Gasteiger partial charge in [-0.05, 0) is 43.7 Å². The summed E-state index contributed by atoms with van der Waals surface area (Å²) < 4.78 is 0. The predicted molar refractivity (Wildman–Crippen MR) is 103 cm³/mol. The average molecular weight is 361 g/mol. The Morgan fingerprint density at radius 1 is 1.21 bits per heavy atom. The highest BCUT2D eigenvalue weighted by molar-refractivity contribution is 7.80. The highest BCUT2D eigenvalue weighted by Gasteiger charge is 2.21. The maximum atomic E-state index is 6.24. The molecule has 2 aromatic rings. The van der Waals surface area contributed by atoms with E-state index in [0.717, 1.165) is 54.8 Å². The lowest BCUT2D eigenvalue weighted by Crippen LogP contribution is -2.49. The second-order valence-corrected chi connectivity index (χ2v) is 7.01. The van der Waals surface area contributed by atoms with E-state index in [4.69, 9.17) is 23.8 Å². The molecule has 0 aromatic carbocycles. The summed E-state index contributed by atoms with van der Waals surface area (Å²) in [5.74, 6) is 0.862. The Labute approximate surface area is 153 Å². The fourth-order valence-corrected chi connectivity index (χ4v) is 3.63. The molecule has 2 aromatic heterocycles. The molecular weight excluding hydrogens is 340 g/mol. The summed E-state index contributed by atoms with van der Waals surface area (Å²) in [4.78, 5) is 14.4. The fraction of sp³-hybridized carbons (Fsp3) is 0.389. The van der Waals surface area contributed by atoms with Crippen LogP contribution in [0, 0.1) is 13.8 Å². The normalized spacial score (nSPS) is 14.8. The van der Waals surface area contributed by atoms with Crippen LogP contribution in [0.1, 0.15) is 17.0 Å². The Hall–Kier alpha value is -1.72. The third-order valence-electron chi connectivity index (χ3n) is 4.15. The number of aromatic nitrogens is 2. The smallest absolute Gasteiger partial charge is 0.147 e. The molecule has 0 N–H and O–H groups in total. The van der Waals surface area contributed by atoms with Gasteiger partial charge in [0.25, 0.3) is 0 Å². The first kappa shape index (κ1) is 17.1. The summed E-state index contributed by atoms with van der Waals surface area (Å²) >= 11 is 11.9. The van der Waals surface area contributed by atoms with Gasteiger partial charge in [-0.1, -0.05) is 23.8 Å². The van der Waals surface area contributed by atoms with Crippen molar-refractivity contribution in [2.45, 2.75) is 20.3 Å². The molecule has 1 aliphatic rings. The van der Waals surface area contributed by atoms with Crippen molar-refractivity contribution in [3.8, 4) is 0 Å². The van der Waals surface area contributed by atoms with Crippen molar-refractivity contribution < 1.29 is 0 Å². The Balaban J connectivity index is 1.60. The van der Waals surface area contributed by atoms with Gasteiger partial charge in [-0.25, -0.2) is 4.98 Å². The molecule has 1 fully saturated rings. The first-order valence-corrected chi connectivity index (χ1v) is 8.89. The molecule has 0 saturated carbocycles. The maximum absolute atomic E-state index is 6.24. The minimum absolute atomic E-state index is 0.702. The van der Waals surface area contributed by atoms with E-state index in [1.54, 1.807) is 6.20 Å². The van der Waals surface area contributed by atoms with Crippen LogP contribution in [0.25, 0.3) is 0 Å². The van der Waals surface area contributed by atoms with Crippen molar-refractivity contribution in [1.82, 2.24) is 14.9 Å². The second kappa shape index (κ2) is 7.45. The first-order valence-electron chi connectivity index (χ1n) is 8.10. The number of rotatable bonds is 3. The van der Waals surface area contributed by atoms with Gasteiger partial charge >= 0.3 is 0 Å². The van der Waals surface area contributed by atoms with Crippen LogP contribution >= 0.6 is 23.8 Å². The van der Waals surface area contributed by atoms with Crippen molar-refractivity contribution >= 4 is 34.6 Å². The third-order valence-corrected chi connectivity index (χ3v) is 4.85. The zero-order valence-electron chi connectivity index (χ0n) is 14.0. The molecule has 0 amide bonds. The molecule has 0 radical (unpaired) electrons. The van der Waals surface area contributed by atoms with Gasteiger partial charge in [0.1, 0.15) is 5.82 Å². The van der Waals surface area contributed by atoms with Gasteiger partial charge < -0.3 is 9.80 Å². The quantitative estimate of drug-likeness (QED) is 0.783. The Bertz CT molecular complexity index is 721. The molecule has 0 spiro atoms. The maximum Gasteiger partial charge on any atom is 0.147 e. The molecule has 3 heterocycles. The summed E-state index contributed by atoms with van der Waals surface area (Å²) in [6.07, 6.45) is 2.51. The minimum Gasteiger partial charge on any atom is -0.362 e. The van der Waals surface area contributed by atoms with Gasteiger partial charge in [0.15, 0.2) is 0 Å². The summed E-state index contributed by atoms with van der Waals surface area (Å²) in [5.41, 5.74) is 3.32. The number of piperazine rings is 1. The van der Waals surface area contributed by atoms with Gasteiger partial charge in [-0.15, -0.1) is 0 Å². The molecule has 0 unspecified atom stereocenters. The molecule has 6 heteroatoms. The molecule has 0 aliphatic carbocycles. The molecule has 0 atom stereocenters. The van der Waals surface area contributed by atoms with E-state index in [1.807, 2.05) is 19.1 Å². The number of hydrogen-bond acceptors (Lipinski definition) is 4. The van der Waals surface area contributed by atoms with Gasteiger partial charge in [-0.2, -0.15) is 0 Å². The number of hydrogen-bond donors (Lipinski definition) is 0. The number of aryl methyl sites for hydroxylation is 2. The van der Waals surface area contributed by atoms with Gasteiger partial charge in [0.2, 0.25) is 0 Å². The van der Waals surface area contributed by atoms with Crippen LogP contribution in [-0.2, 0) is 6.42 Å². The first-order chi connectivity index (χ1) is 11.5. The van der Waals surface area contributed by atoms with Crippen LogP contribution in [0.4, 0.5) is 5.82 Å². The van der Waals surface area contributed by atoms with Crippen molar-refractivity contribution in [3.05, 3.63) is 52.4 Å². The fourth-order valence-electron chi connectivity index (χ4n) is 3.06. The van der Waals surface area contributed by atoms with E-state index in [2.05, 4.69) is 38.8 Å². The number of nitrogens with zero attached hydrogens (tertiary/aromatic N) is 4. The standard InChI is InChI=1S/C18H21ClN4S/c1-13-10-14(2)21-15(11-13)12-17(24)22-6-8-23(9-7-22)18-16(19)4-3-5-20-18/h3-5,10-11H,6-9,12H2,1-2H3. The molecule has 1 saturated heterocycles.